The molecule has 0 aliphatic rings. The smallest absolute Gasteiger partial charge is 0.335 e. The van der Waals surface area contributed by atoms with Crippen molar-refractivity contribution in [2.24, 2.45) is 7.05 Å². The molecule has 1 aromatic carbocycles. The molecule has 2 aromatic rings. The van der Waals surface area contributed by atoms with Crippen molar-refractivity contribution in [3.63, 3.8) is 0 Å². The van der Waals surface area contributed by atoms with E-state index in [-0.39, 0.29) is 0 Å². The highest BCUT2D eigenvalue weighted by atomic mass is 35.5. The van der Waals surface area contributed by atoms with E-state index in [2.05, 4.69) is 5.10 Å². The van der Waals surface area contributed by atoms with Crippen LogP contribution in [0.4, 0.5) is 0 Å². The number of benzene rings is 1. The SMILES string of the molecule is Cc1ccc(SCc2c(Cl)c(C)nn2C)cc1C(=O)O. The average Bonchev–Trinajstić information content (AvgIpc) is 2.62. The summed E-state index contributed by atoms with van der Waals surface area (Å²) in [5.74, 6) is -0.252. The maximum Gasteiger partial charge on any atom is 0.335 e. The van der Waals surface area contributed by atoms with Crippen LogP contribution in [0.5, 0.6) is 0 Å². The van der Waals surface area contributed by atoms with Gasteiger partial charge < -0.3 is 5.11 Å². The molecule has 0 unspecified atom stereocenters. The molecule has 0 fully saturated rings. The molecule has 0 saturated heterocycles. The minimum atomic E-state index is -0.903. The van der Waals surface area contributed by atoms with Crippen LogP contribution in [0.25, 0.3) is 0 Å². The standard InChI is InChI=1S/C14H15ClN2O2S/c1-8-4-5-10(6-11(8)14(18)19)20-7-12-13(15)9(2)16-17(12)3/h4-6H,7H2,1-3H3,(H,18,19). The number of hydrogen-bond donors (Lipinski definition) is 1. The van der Waals surface area contributed by atoms with Crippen LogP contribution in [0.1, 0.15) is 27.3 Å². The van der Waals surface area contributed by atoms with E-state index in [1.807, 2.05) is 26.1 Å². The van der Waals surface area contributed by atoms with Gasteiger partial charge in [0, 0.05) is 17.7 Å². The van der Waals surface area contributed by atoms with Crippen molar-refractivity contribution in [1.29, 1.82) is 0 Å². The molecule has 0 saturated carbocycles. The van der Waals surface area contributed by atoms with Crippen LogP contribution in [-0.2, 0) is 12.8 Å². The average molecular weight is 311 g/mol. The van der Waals surface area contributed by atoms with Crippen molar-refractivity contribution < 1.29 is 9.90 Å². The van der Waals surface area contributed by atoms with Gasteiger partial charge in [-0.25, -0.2) is 4.79 Å². The summed E-state index contributed by atoms with van der Waals surface area (Å²) in [5, 5.41) is 14.1. The Bertz CT molecular complexity index is 667. The minimum Gasteiger partial charge on any atom is -0.478 e. The lowest BCUT2D eigenvalue weighted by Gasteiger charge is -2.06. The van der Waals surface area contributed by atoms with Crippen molar-refractivity contribution in [3.8, 4) is 0 Å². The number of carbonyl (C=O) groups is 1. The van der Waals surface area contributed by atoms with Gasteiger partial charge in [-0.2, -0.15) is 5.10 Å². The molecule has 0 atom stereocenters. The second-order valence-corrected chi connectivity index (χ2v) is 5.97. The Kier molecular flexibility index (Phi) is 4.40. The van der Waals surface area contributed by atoms with Crippen LogP contribution >= 0.6 is 23.4 Å². The topological polar surface area (TPSA) is 55.1 Å². The zero-order chi connectivity index (χ0) is 14.9. The number of aromatic carboxylic acids is 1. The van der Waals surface area contributed by atoms with Crippen molar-refractivity contribution in [1.82, 2.24) is 9.78 Å². The van der Waals surface area contributed by atoms with Gasteiger partial charge >= 0.3 is 5.97 Å². The second kappa shape index (κ2) is 5.89. The molecule has 0 radical (unpaired) electrons. The van der Waals surface area contributed by atoms with Crippen molar-refractivity contribution in [3.05, 3.63) is 45.7 Å². The van der Waals surface area contributed by atoms with E-state index in [0.29, 0.717) is 16.3 Å². The first-order valence-corrected chi connectivity index (χ1v) is 7.41. The van der Waals surface area contributed by atoms with Crippen LogP contribution < -0.4 is 0 Å². The third-order valence-electron chi connectivity index (χ3n) is 3.08. The molecule has 20 heavy (non-hydrogen) atoms. The molecule has 106 valence electrons. The summed E-state index contributed by atoms with van der Waals surface area (Å²) in [6.45, 7) is 3.66. The van der Waals surface area contributed by atoms with Gasteiger partial charge in [0.25, 0.3) is 0 Å². The number of aromatic nitrogens is 2. The van der Waals surface area contributed by atoms with Gasteiger partial charge in [-0.3, -0.25) is 4.68 Å². The van der Waals surface area contributed by atoms with E-state index in [1.165, 1.54) is 0 Å². The van der Waals surface area contributed by atoms with Gasteiger partial charge in [0.2, 0.25) is 0 Å². The van der Waals surface area contributed by atoms with E-state index < -0.39 is 5.97 Å². The number of thioether (sulfide) groups is 1. The number of hydrogen-bond acceptors (Lipinski definition) is 3. The number of aryl methyl sites for hydroxylation is 3. The van der Waals surface area contributed by atoms with Crippen molar-refractivity contribution in [2.75, 3.05) is 0 Å². The molecule has 1 heterocycles. The molecular formula is C14H15ClN2O2S. The first-order chi connectivity index (χ1) is 9.40. The Labute approximate surface area is 126 Å². The maximum absolute atomic E-state index is 11.1. The van der Waals surface area contributed by atoms with Crippen LogP contribution in [0.2, 0.25) is 5.02 Å². The van der Waals surface area contributed by atoms with Gasteiger partial charge in [0.1, 0.15) is 0 Å². The third-order valence-corrected chi connectivity index (χ3v) is 4.57. The number of carboxylic acid groups (broad SMARTS) is 1. The van der Waals surface area contributed by atoms with E-state index in [9.17, 15) is 4.79 Å². The Morgan fingerprint density at radius 1 is 1.45 bits per heavy atom. The Balaban J connectivity index is 2.19. The summed E-state index contributed by atoms with van der Waals surface area (Å²) in [7, 11) is 1.85. The molecule has 1 aromatic heterocycles. The fraction of sp³-hybridized carbons (Fsp3) is 0.286. The number of carboxylic acids is 1. The summed E-state index contributed by atoms with van der Waals surface area (Å²) in [6, 6.07) is 5.44. The summed E-state index contributed by atoms with van der Waals surface area (Å²) in [4.78, 5) is 12.0. The molecule has 6 heteroatoms. The van der Waals surface area contributed by atoms with Gasteiger partial charge in [0.05, 0.1) is 22.0 Å². The van der Waals surface area contributed by atoms with Gasteiger partial charge in [-0.15, -0.1) is 11.8 Å². The predicted octanol–water partition coefficient (Wildman–Crippen LogP) is 3.68. The summed E-state index contributed by atoms with van der Waals surface area (Å²) in [5.41, 5.74) is 2.84. The zero-order valence-corrected chi connectivity index (χ0v) is 13.0. The largest absolute Gasteiger partial charge is 0.478 e. The van der Waals surface area contributed by atoms with Crippen LogP contribution in [0.15, 0.2) is 23.1 Å². The number of halogens is 1. The molecule has 0 bridgehead atoms. The highest BCUT2D eigenvalue weighted by Crippen LogP contribution is 2.29. The molecule has 1 N–H and O–H groups in total. The molecule has 0 amide bonds. The van der Waals surface area contributed by atoms with E-state index in [1.54, 1.807) is 29.4 Å². The third kappa shape index (κ3) is 2.99. The second-order valence-electron chi connectivity index (χ2n) is 4.54. The quantitative estimate of drug-likeness (QED) is 0.875. The molecular weight excluding hydrogens is 296 g/mol. The summed E-state index contributed by atoms with van der Waals surface area (Å²) < 4.78 is 1.76. The van der Waals surface area contributed by atoms with Crippen LogP contribution in [0.3, 0.4) is 0 Å². The first kappa shape index (κ1) is 14.9. The Morgan fingerprint density at radius 2 is 2.15 bits per heavy atom. The first-order valence-electron chi connectivity index (χ1n) is 6.05. The minimum absolute atomic E-state index is 0.335. The number of rotatable bonds is 4. The molecule has 0 aliphatic carbocycles. The van der Waals surface area contributed by atoms with E-state index in [0.717, 1.165) is 21.8 Å². The highest BCUT2D eigenvalue weighted by molar-refractivity contribution is 7.98. The lowest BCUT2D eigenvalue weighted by Crippen LogP contribution is -2.00. The monoisotopic (exact) mass is 310 g/mol. The predicted molar refractivity (Wildman–Crippen MR) is 80.7 cm³/mol. The fourth-order valence-electron chi connectivity index (χ4n) is 1.91. The van der Waals surface area contributed by atoms with Gasteiger partial charge in [-0.1, -0.05) is 17.7 Å². The molecule has 0 aliphatic heterocycles. The van der Waals surface area contributed by atoms with Crippen LogP contribution in [-0.4, -0.2) is 20.9 Å². The number of nitrogens with zero attached hydrogens (tertiary/aromatic N) is 2. The van der Waals surface area contributed by atoms with Crippen molar-refractivity contribution >= 4 is 29.3 Å². The Hall–Kier alpha value is -1.46. The maximum atomic E-state index is 11.1. The van der Waals surface area contributed by atoms with E-state index in [4.69, 9.17) is 16.7 Å². The van der Waals surface area contributed by atoms with Gasteiger partial charge in [0.15, 0.2) is 0 Å². The molecule has 2 rings (SSSR count). The summed E-state index contributed by atoms with van der Waals surface area (Å²) in [6.07, 6.45) is 0. The summed E-state index contributed by atoms with van der Waals surface area (Å²) >= 11 is 7.74. The normalized spacial score (nSPS) is 10.8. The fourth-order valence-corrected chi connectivity index (χ4v) is 3.22. The van der Waals surface area contributed by atoms with Crippen LogP contribution in [0, 0.1) is 13.8 Å². The van der Waals surface area contributed by atoms with Crippen molar-refractivity contribution in [2.45, 2.75) is 24.5 Å². The van der Waals surface area contributed by atoms with Gasteiger partial charge in [-0.05, 0) is 31.5 Å². The lowest BCUT2D eigenvalue weighted by atomic mass is 10.1. The van der Waals surface area contributed by atoms with E-state index >= 15 is 0 Å². The lowest BCUT2D eigenvalue weighted by molar-refractivity contribution is 0.0696. The zero-order valence-electron chi connectivity index (χ0n) is 11.5. The molecule has 4 nitrogen and oxygen atoms in total. The Morgan fingerprint density at radius 3 is 2.70 bits per heavy atom. The highest BCUT2D eigenvalue weighted by Gasteiger charge is 2.12. The molecule has 0 spiro atoms.